The minimum atomic E-state index is -0.263. The molecule has 0 fully saturated rings. The van der Waals surface area contributed by atoms with E-state index in [1.807, 2.05) is 19.9 Å². The van der Waals surface area contributed by atoms with Gasteiger partial charge < -0.3 is 11.1 Å². The SMILES string of the molecule is C=CCCCNC(C)(C)CC(N)=O. The van der Waals surface area contributed by atoms with E-state index in [2.05, 4.69) is 11.9 Å². The first-order valence-electron chi connectivity index (χ1n) is 4.62. The minimum Gasteiger partial charge on any atom is -0.370 e. The van der Waals surface area contributed by atoms with Gasteiger partial charge >= 0.3 is 0 Å². The summed E-state index contributed by atoms with van der Waals surface area (Å²) in [6, 6.07) is 0. The smallest absolute Gasteiger partial charge is 0.219 e. The van der Waals surface area contributed by atoms with Crippen LogP contribution in [0.25, 0.3) is 0 Å². The van der Waals surface area contributed by atoms with Gasteiger partial charge in [0.15, 0.2) is 0 Å². The van der Waals surface area contributed by atoms with Crippen molar-refractivity contribution in [1.29, 1.82) is 0 Å². The molecule has 0 saturated carbocycles. The fourth-order valence-corrected chi connectivity index (χ4v) is 1.17. The third-order valence-electron chi connectivity index (χ3n) is 1.80. The van der Waals surface area contributed by atoms with Gasteiger partial charge in [0.25, 0.3) is 0 Å². The Labute approximate surface area is 80.4 Å². The average molecular weight is 184 g/mol. The number of primary amides is 1. The van der Waals surface area contributed by atoms with Crippen molar-refractivity contribution >= 4 is 5.91 Å². The summed E-state index contributed by atoms with van der Waals surface area (Å²) in [6.07, 6.45) is 4.31. The maximum atomic E-state index is 10.7. The second-order valence-corrected chi connectivity index (χ2v) is 3.88. The number of nitrogens with two attached hydrogens (primary N) is 1. The standard InChI is InChI=1S/C10H20N2O/c1-4-5-6-7-12-10(2,3)8-9(11)13/h4,12H,1,5-8H2,2-3H3,(H2,11,13). The van der Waals surface area contributed by atoms with Crippen molar-refractivity contribution in [2.75, 3.05) is 6.54 Å². The zero-order chi connectivity index (χ0) is 10.3. The molecule has 0 unspecified atom stereocenters. The Balaban J connectivity index is 3.62. The lowest BCUT2D eigenvalue weighted by Gasteiger charge is -2.24. The molecule has 0 radical (unpaired) electrons. The predicted octanol–water partition coefficient (Wildman–Crippen LogP) is 1.20. The molecule has 0 heterocycles. The molecule has 0 aromatic rings. The Morgan fingerprint density at radius 2 is 2.23 bits per heavy atom. The van der Waals surface area contributed by atoms with E-state index < -0.39 is 0 Å². The molecule has 0 aromatic heterocycles. The van der Waals surface area contributed by atoms with Gasteiger partial charge in [-0.25, -0.2) is 0 Å². The lowest BCUT2D eigenvalue weighted by molar-refractivity contribution is -0.119. The fourth-order valence-electron chi connectivity index (χ4n) is 1.17. The van der Waals surface area contributed by atoms with E-state index >= 15 is 0 Å². The Bertz CT molecular complexity index is 176. The first kappa shape index (κ1) is 12.2. The Hall–Kier alpha value is -0.830. The molecule has 0 aromatic carbocycles. The molecule has 0 bridgehead atoms. The number of carbonyl (C=O) groups excluding carboxylic acids is 1. The van der Waals surface area contributed by atoms with Crippen LogP contribution in [0.1, 0.15) is 33.1 Å². The molecule has 1 amide bonds. The van der Waals surface area contributed by atoms with Gasteiger partial charge in [-0.05, 0) is 33.2 Å². The Kier molecular flexibility index (Phi) is 5.39. The van der Waals surface area contributed by atoms with Crippen LogP contribution in [0.5, 0.6) is 0 Å². The molecule has 0 atom stereocenters. The first-order valence-corrected chi connectivity index (χ1v) is 4.62. The summed E-state index contributed by atoms with van der Waals surface area (Å²) in [5.41, 5.74) is 4.93. The van der Waals surface area contributed by atoms with Crippen molar-refractivity contribution < 1.29 is 4.79 Å². The van der Waals surface area contributed by atoms with E-state index in [9.17, 15) is 4.79 Å². The highest BCUT2D eigenvalue weighted by Crippen LogP contribution is 2.07. The van der Waals surface area contributed by atoms with Gasteiger partial charge in [-0.15, -0.1) is 6.58 Å². The summed E-state index contributed by atoms with van der Waals surface area (Å²) < 4.78 is 0. The van der Waals surface area contributed by atoms with Crippen LogP contribution >= 0.6 is 0 Å². The van der Waals surface area contributed by atoms with E-state index in [0.29, 0.717) is 6.42 Å². The summed E-state index contributed by atoms with van der Waals surface area (Å²) in [4.78, 5) is 10.7. The zero-order valence-electron chi connectivity index (χ0n) is 8.60. The molecule has 0 aliphatic heterocycles. The Morgan fingerprint density at radius 3 is 2.69 bits per heavy atom. The summed E-state index contributed by atoms with van der Waals surface area (Å²) in [5.74, 6) is -0.263. The van der Waals surface area contributed by atoms with Gasteiger partial charge in [-0.2, -0.15) is 0 Å². The maximum absolute atomic E-state index is 10.7. The average Bonchev–Trinajstić information content (AvgIpc) is 1.95. The summed E-state index contributed by atoms with van der Waals surface area (Å²) in [7, 11) is 0. The van der Waals surface area contributed by atoms with E-state index in [4.69, 9.17) is 5.73 Å². The summed E-state index contributed by atoms with van der Waals surface area (Å²) in [5, 5.41) is 3.28. The van der Waals surface area contributed by atoms with Crippen LogP contribution in [-0.4, -0.2) is 18.0 Å². The molecular formula is C10H20N2O. The number of amides is 1. The highest BCUT2D eigenvalue weighted by molar-refractivity contribution is 5.74. The molecule has 0 spiro atoms. The third-order valence-corrected chi connectivity index (χ3v) is 1.80. The zero-order valence-corrected chi connectivity index (χ0v) is 8.60. The molecular weight excluding hydrogens is 164 g/mol. The molecule has 0 rings (SSSR count). The number of hydrogen-bond donors (Lipinski definition) is 2. The molecule has 76 valence electrons. The topological polar surface area (TPSA) is 55.1 Å². The second-order valence-electron chi connectivity index (χ2n) is 3.88. The van der Waals surface area contributed by atoms with Crippen molar-refractivity contribution in [3.63, 3.8) is 0 Å². The van der Waals surface area contributed by atoms with Crippen LogP contribution in [-0.2, 0) is 4.79 Å². The van der Waals surface area contributed by atoms with Gasteiger partial charge in [0, 0.05) is 12.0 Å². The van der Waals surface area contributed by atoms with Crippen molar-refractivity contribution in [3.05, 3.63) is 12.7 Å². The maximum Gasteiger partial charge on any atom is 0.219 e. The van der Waals surface area contributed by atoms with Crippen molar-refractivity contribution in [2.45, 2.75) is 38.6 Å². The molecule has 13 heavy (non-hydrogen) atoms. The molecule has 3 N–H and O–H groups in total. The number of unbranched alkanes of at least 4 members (excludes halogenated alkanes) is 1. The fraction of sp³-hybridized carbons (Fsp3) is 0.700. The number of rotatable bonds is 7. The van der Waals surface area contributed by atoms with Crippen molar-refractivity contribution in [1.82, 2.24) is 5.32 Å². The van der Waals surface area contributed by atoms with Crippen LogP contribution in [0.2, 0.25) is 0 Å². The van der Waals surface area contributed by atoms with Crippen LogP contribution < -0.4 is 11.1 Å². The van der Waals surface area contributed by atoms with E-state index in [0.717, 1.165) is 19.4 Å². The number of carbonyl (C=O) groups is 1. The predicted molar refractivity (Wildman–Crippen MR) is 55.3 cm³/mol. The van der Waals surface area contributed by atoms with Crippen LogP contribution in [0, 0.1) is 0 Å². The van der Waals surface area contributed by atoms with Gasteiger partial charge in [0.1, 0.15) is 0 Å². The molecule has 0 aliphatic carbocycles. The number of allylic oxidation sites excluding steroid dienone is 1. The van der Waals surface area contributed by atoms with Gasteiger partial charge in [0.2, 0.25) is 5.91 Å². The monoisotopic (exact) mass is 184 g/mol. The van der Waals surface area contributed by atoms with Crippen LogP contribution in [0.4, 0.5) is 0 Å². The highest BCUT2D eigenvalue weighted by Gasteiger charge is 2.18. The summed E-state index contributed by atoms with van der Waals surface area (Å²) in [6.45, 7) is 8.49. The first-order chi connectivity index (χ1) is 5.98. The number of hydrogen-bond acceptors (Lipinski definition) is 2. The van der Waals surface area contributed by atoms with E-state index in [-0.39, 0.29) is 11.4 Å². The third kappa shape index (κ3) is 7.53. The van der Waals surface area contributed by atoms with E-state index in [1.54, 1.807) is 0 Å². The molecule has 3 nitrogen and oxygen atoms in total. The second kappa shape index (κ2) is 5.75. The van der Waals surface area contributed by atoms with Crippen molar-refractivity contribution in [2.24, 2.45) is 5.73 Å². The lowest BCUT2D eigenvalue weighted by atomic mass is 10.0. The molecule has 0 saturated heterocycles. The normalized spacial score (nSPS) is 11.2. The minimum absolute atomic E-state index is 0.187. The Morgan fingerprint density at radius 1 is 1.62 bits per heavy atom. The van der Waals surface area contributed by atoms with Gasteiger partial charge in [-0.1, -0.05) is 6.08 Å². The van der Waals surface area contributed by atoms with Gasteiger partial charge in [0.05, 0.1) is 0 Å². The van der Waals surface area contributed by atoms with E-state index in [1.165, 1.54) is 0 Å². The van der Waals surface area contributed by atoms with Gasteiger partial charge in [-0.3, -0.25) is 4.79 Å². The summed E-state index contributed by atoms with van der Waals surface area (Å²) >= 11 is 0. The van der Waals surface area contributed by atoms with Crippen LogP contribution in [0.15, 0.2) is 12.7 Å². The quantitative estimate of drug-likeness (QED) is 0.461. The molecule has 3 heteroatoms. The highest BCUT2D eigenvalue weighted by atomic mass is 16.1. The largest absolute Gasteiger partial charge is 0.370 e. The van der Waals surface area contributed by atoms with Crippen LogP contribution in [0.3, 0.4) is 0 Å². The number of nitrogens with one attached hydrogen (secondary N) is 1. The van der Waals surface area contributed by atoms with Crippen molar-refractivity contribution in [3.8, 4) is 0 Å². The molecule has 0 aliphatic rings. The lowest BCUT2D eigenvalue weighted by Crippen LogP contribution is -2.43.